The number of nitrogens with zero attached hydrogens (tertiary/aromatic N) is 1. The van der Waals surface area contributed by atoms with Crippen LogP contribution in [0, 0.1) is 0 Å². The number of rotatable bonds is 1. The van der Waals surface area contributed by atoms with E-state index in [4.69, 9.17) is 0 Å². The molecule has 3 heteroatoms. The first-order valence-corrected chi connectivity index (χ1v) is 6.46. The Morgan fingerprint density at radius 3 is 2.76 bits per heavy atom. The summed E-state index contributed by atoms with van der Waals surface area (Å²) in [7, 11) is 0. The minimum absolute atomic E-state index is 0.318. The standard InChI is InChI=1S/C14H18N2O/c17-14-3-1-2-11-10-12(4-5-13(11)14)16-8-6-15-7-9-16/h4-5,10,15H,1-3,6-9H2. The van der Waals surface area contributed by atoms with Gasteiger partial charge in [0.1, 0.15) is 0 Å². The molecule has 0 radical (unpaired) electrons. The summed E-state index contributed by atoms with van der Waals surface area (Å²) in [5.74, 6) is 0.318. The zero-order valence-electron chi connectivity index (χ0n) is 10.0. The van der Waals surface area contributed by atoms with Crippen LogP contribution in [0.4, 0.5) is 5.69 Å². The fourth-order valence-electron chi connectivity index (χ4n) is 2.75. The highest BCUT2D eigenvalue weighted by Gasteiger charge is 2.18. The molecule has 1 aliphatic carbocycles. The molecular formula is C14H18N2O. The van der Waals surface area contributed by atoms with Crippen molar-refractivity contribution in [2.45, 2.75) is 19.3 Å². The summed E-state index contributed by atoms with van der Waals surface area (Å²) < 4.78 is 0. The van der Waals surface area contributed by atoms with Crippen molar-refractivity contribution in [1.29, 1.82) is 0 Å². The maximum atomic E-state index is 11.7. The summed E-state index contributed by atoms with van der Waals surface area (Å²) in [5, 5.41) is 3.36. The quantitative estimate of drug-likeness (QED) is 0.795. The lowest BCUT2D eigenvalue weighted by atomic mass is 9.90. The molecule has 1 heterocycles. The van der Waals surface area contributed by atoms with Gasteiger partial charge in [0.15, 0.2) is 5.78 Å². The van der Waals surface area contributed by atoms with Gasteiger partial charge >= 0.3 is 0 Å². The van der Waals surface area contributed by atoms with E-state index in [0.29, 0.717) is 5.78 Å². The van der Waals surface area contributed by atoms with Gasteiger partial charge in [-0.05, 0) is 36.6 Å². The van der Waals surface area contributed by atoms with Gasteiger partial charge in [-0.2, -0.15) is 0 Å². The maximum absolute atomic E-state index is 11.7. The van der Waals surface area contributed by atoms with E-state index in [9.17, 15) is 4.79 Å². The van der Waals surface area contributed by atoms with Crippen LogP contribution in [-0.2, 0) is 6.42 Å². The summed E-state index contributed by atoms with van der Waals surface area (Å²) in [6.07, 6.45) is 2.79. The number of aryl methyl sites for hydroxylation is 1. The van der Waals surface area contributed by atoms with Gasteiger partial charge in [0.05, 0.1) is 0 Å². The van der Waals surface area contributed by atoms with E-state index in [1.807, 2.05) is 6.07 Å². The predicted octanol–water partition coefficient (Wildman–Crippen LogP) is 1.62. The highest BCUT2D eigenvalue weighted by atomic mass is 16.1. The molecule has 1 saturated heterocycles. The highest BCUT2D eigenvalue weighted by molar-refractivity contribution is 5.98. The first-order chi connectivity index (χ1) is 8.34. The number of nitrogens with one attached hydrogen (secondary N) is 1. The minimum Gasteiger partial charge on any atom is -0.369 e. The summed E-state index contributed by atoms with van der Waals surface area (Å²) in [6, 6.07) is 6.35. The van der Waals surface area contributed by atoms with Gasteiger partial charge in [0.25, 0.3) is 0 Å². The van der Waals surface area contributed by atoms with Crippen LogP contribution in [0.3, 0.4) is 0 Å². The monoisotopic (exact) mass is 230 g/mol. The number of Topliss-reactive ketones (excluding diaryl/α,β-unsaturated/α-hetero) is 1. The summed E-state index contributed by atoms with van der Waals surface area (Å²) in [5.41, 5.74) is 3.48. The lowest BCUT2D eigenvalue weighted by Gasteiger charge is -2.30. The second-order valence-corrected chi connectivity index (χ2v) is 4.86. The first-order valence-electron chi connectivity index (χ1n) is 6.46. The Kier molecular flexibility index (Phi) is 2.85. The lowest BCUT2D eigenvalue weighted by Crippen LogP contribution is -2.43. The number of anilines is 1. The Morgan fingerprint density at radius 1 is 1.12 bits per heavy atom. The van der Waals surface area contributed by atoms with Crippen LogP contribution in [-0.4, -0.2) is 32.0 Å². The molecule has 0 atom stereocenters. The molecule has 0 unspecified atom stereocenters. The van der Waals surface area contributed by atoms with Crippen molar-refractivity contribution in [3.8, 4) is 0 Å². The third-order valence-electron chi connectivity index (χ3n) is 3.72. The molecule has 0 aromatic heterocycles. The van der Waals surface area contributed by atoms with Crippen LogP contribution in [0.5, 0.6) is 0 Å². The zero-order chi connectivity index (χ0) is 11.7. The molecule has 0 bridgehead atoms. The molecular weight excluding hydrogens is 212 g/mol. The van der Waals surface area contributed by atoms with E-state index in [0.717, 1.165) is 51.0 Å². The van der Waals surface area contributed by atoms with Crippen molar-refractivity contribution in [1.82, 2.24) is 5.32 Å². The SMILES string of the molecule is O=C1CCCc2cc(N3CCNCC3)ccc21. The van der Waals surface area contributed by atoms with Gasteiger partial charge in [-0.25, -0.2) is 0 Å². The van der Waals surface area contributed by atoms with Gasteiger partial charge in [-0.15, -0.1) is 0 Å². The Morgan fingerprint density at radius 2 is 1.94 bits per heavy atom. The topological polar surface area (TPSA) is 32.3 Å². The van der Waals surface area contributed by atoms with E-state index < -0.39 is 0 Å². The van der Waals surface area contributed by atoms with Gasteiger partial charge in [-0.1, -0.05) is 0 Å². The van der Waals surface area contributed by atoms with Crippen LogP contribution < -0.4 is 10.2 Å². The normalized spacial score (nSPS) is 20.2. The van der Waals surface area contributed by atoms with E-state index in [1.165, 1.54) is 11.3 Å². The number of piperazine rings is 1. The Hall–Kier alpha value is -1.35. The van der Waals surface area contributed by atoms with Gasteiger partial charge in [0, 0.05) is 43.9 Å². The summed E-state index contributed by atoms with van der Waals surface area (Å²) >= 11 is 0. The van der Waals surface area contributed by atoms with Gasteiger partial charge in [-0.3, -0.25) is 4.79 Å². The molecule has 3 rings (SSSR count). The molecule has 2 aliphatic rings. The van der Waals surface area contributed by atoms with Crippen molar-refractivity contribution in [2.75, 3.05) is 31.1 Å². The van der Waals surface area contributed by atoms with Crippen LogP contribution in [0.1, 0.15) is 28.8 Å². The molecule has 3 nitrogen and oxygen atoms in total. The molecule has 1 aliphatic heterocycles. The average Bonchev–Trinajstić information content (AvgIpc) is 2.40. The Labute approximate surface area is 102 Å². The van der Waals surface area contributed by atoms with Crippen LogP contribution in [0.15, 0.2) is 18.2 Å². The van der Waals surface area contributed by atoms with Crippen molar-refractivity contribution in [3.63, 3.8) is 0 Å². The van der Waals surface area contributed by atoms with E-state index in [1.54, 1.807) is 0 Å². The molecule has 90 valence electrons. The fraction of sp³-hybridized carbons (Fsp3) is 0.500. The van der Waals surface area contributed by atoms with Crippen molar-refractivity contribution in [3.05, 3.63) is 29.3 Å². The highest BCUT2D eigenvalue weighted by Crippen LogP contribution is 2.26. The number of ketones is 1. The molecule has 1 aromatic carbocycles. The fourth-order valence-corrected chi connectivity index (χ4v) is 2.75. The third kappa shape index (κ3) is 2.07. The van der Waals surface area contributed by atoms with Crippen LogP contribution in [0.25, 0.3) is 0 Å². The van der Waals surface area contributed by atoms with E-state index >= 15 is 0 Å². The number of carbonyl (C=O) groups excluding carboxylic acids is 1. The Balaban J connectivity index is 1.89. The van der Waals surface area contributed by atoms with Crippen molar-refractivity contribution < 1.29 is 4.79 Å². The molecule has 0 spiro atoms. The van der Waals surface area contributed by atoms with Crippen molar-refractivity contribution >= 4 is 11.5 Å². The largest absolute Gasteiger partial charge is 0.369 e. The first kappa shape index (κ1) is 10.8. The van der Waals surface area contributed by atoms with E-state index in [2.05, 4.69) is 22.3 Å². The third-order valence-corrected chi connectivity index (χ3v) is 3.72. The predicted molar refractivity (Wildman–Crippen MR) is 68.8 cm³/mol. The van der Waals surface area contributed by atoms with Crippen LogP contribution >= 0.6 is 0 Å². The molecule has 1 N–H and O–H groups in total. The second kappa shape index (κ2) is 4.49. The molecule has 0 saturated carbocycles. The minimum atomic E-state index is 0.318. The van der Waals surface area contributed by atoms with Crippen LogP contribution in [0.2, 0.25) is 0 Å². The number of hydrogen-bond donors (Lipinski definition) is 1. The summed E-state index contributed by atoms with van der Waals surface area (Å²) in [6.45, 7) is 4.23. The number of hydrogen-bond acceptors (Lipinski definition) is 3. The number of carbonyl (C=O) groups is 1. The molecule has 1 aromatic rings. The smallest absolute Gasteiger partial charge is 0.163 e. The summed E-state index contributed by atoms with van der Waals surface area (Å²) in [4.78, 5) is 14.1. The van der Waals surface area contributed by atoms with E-state index in [-0.39, 0.29) is 0 Å². The number of fused-ring (bicyclic) bond motifs is 1. The molecule has 17 heavy (non-hydrogen) atoms. The Bertz CT molecular complexity index is 436. The van der Waals surface area contributed by atoms with Gasteiger partial charge in [0.2, 0.25) is 0 Å². The van der Waals surface area contributed by atoms with Gasteiger partial charge < -0.3 is 10.2 Å². The molecule has 0 amide bonds. The molecule has 1 fully saturated rings. The zero-order valence-corrected chi connectivity index (χ0v) is 10.0. The second-order valence-electron chi connectivity index (χ2n) is 4.86. The van der Waals surface area contributed by atoms with Crippen molar-refractivity contribution in [2.24, 2.45) is 0 Å². The maximum Gasteiger partial charge on any atom is 0.163 e. The average molecular weight is 230 g/mol. The number of benzene rings is 1. The lowest BCUT2D eigenvalue weighted by molar-refractivity contribution is 0.0972.